The van der Waals surface area contributed by atoms with Gasteiger partial charge in [0.25, 0.3) is 0 Å². The van der Waals surface area contributed by atoms with Gasteiger partial charge >= 0.3 is 0 Å². The second-order valence-electron chi connectivity index (χ2n) is 4.94. The van der Waals surface area contributed by atoms with Gasteiger partial charge < -0.3 is 10.1 Å². The van der Waals surface area contributed by atoms with Crippen LogP contribution < -0.4 is 10.1 Å². The fraction of sp³-hybridized carbons (Fsp3) is 0.278. The van der Waals surface area contributed by atoms with Gasteiger partial charge in [0, 0.05) is 18.5 Å². The molecule has 2 aromatic carbocycles. The van der Waals surface area contributed by atoms with Crippen LogP contribution in [0.3, 0.4) is 0 Å². The van der Waals surface area contributed by atoms with Crippen molar-refractivity contribution < 1.29 is 13.9 Å². The first-order chi connectivity index (χ1) is 10.7. The maximum absolute atomic E-state index is 12.8. The molecule has 22 heavy (non-hydrogen) atoms. The van der Waals surface area contributed by atoms with Gasteiger partial charge in [0.1, 0.15) is 11.6 Å². The first-order valence-electron chi connectivity index (χ1n) is 7.41. The molecule has 0 saturated heterocycles. The van der Waals surface area contributed by atoms with Crippen LogP contribution in [0.4, 0.5) is 4.39 Å². The van der Waals surface area contributed by atoms with Crippen LogP contribution in [0, 0.1) is 5.82 Å². The van der Waals surface area contributed by atoms with Crippen molar-refractivity contribution in [3.8, 4) is 5.75 Å². The largest absolute Gasteiger partial charge is 0.494 e. The maximum Gasteiger partial charge on any atom is 0.220 e. The average Bonchev–Trinajstić information content (AvgIpc) is 2.54. The van der Waals surface area contributed by atoms with Gasteiger partial charge in [-0.25, -0.2) is 4.39 Å². The number of nitrogens with one attached hydrogen (secondary N) is 1. The van der Waals surface area contributed by atoms with Crippen LogP contribution in [-0.2, 0) is 17.8 Å². The summed E-state index contributed by atoms with van der Waals surface area (Å²) < 4.78 is 18.3. The lowest BCUT2D eigenvalue weighted by Crippen LogP contribution is -2.23. The zero-order valence-corrected chi connectivity index (χ0v) is 12.6. The molecule has 0 aliphatic carbocycles. The summed E-state index contributed by atoms with van der Waals surface area (Å²) in [7, 11) is 0. The Labute approximate surface area is 130 Å². The van der Waals surface area contributed by atoms with Crippen LogP contribution in [0.1, 0.15) is 24.5 Å². The van der Waals surface area contributed by atoms with Gasteiger partial charge in [0.15, 0.2) is 0 Å². The summed E-state index contributed by atoms with van der Waals surface area (Å²) in [6, 6.07) is 13.9. The van der Waals surface area contributed by atoms with Gasteiger partial charge in [-0.15, -0.1) is 0 Å². The minimum absolute atomic E-state index is 0.0318. The molecule has 0 bridgehead atoms. The maximum atomic E-state index is 12.8. The minimum Gasteiger partial charge on any atom is -0.494 e. The van der Waals surface area contributed by atoms with E-state index in [1.54, 1.807) is 12.1 Å². The van der Waals surface area contributed by atoms with E-state index in [1.807, 2.05) is 31.2 Å². The van der Waals surface area contributed by atoms with Crippen LogP contribution >= 0.6 is 0 Å². The molecular formula is C18H20FNO2. The van der Waals surface area contributed by atoms with E-state index in [0.29, 0.717) is 26.0 Å². The highest BCUT2D eigenvalue weighted by Gasteiger charge is 2.06. The lowest BCUT2D eigenvalue weighted by molar-refractivity contribution is -0.121. The van der Waals surface area contributed by atoms with Gasteiger partial charge in [-0.1, -0.05) is 30.3 Å². The Balaban J connectivity index is 1.81. The van der Waals surface area contributed by atoms with Gasteiger partial charge in [-0.05, 0) is 37.1 Å². The number of para-hydroxylation sites is 1. The van der Waals surface area contributed by atoms with E-state index >= 15 is 0 Å². The number of carbonyl (C=O) groups excluding carboxylic acids is 1. The van der Waals surface area contributed by atoms with Gasteiger partial charge in [-0.2, -0.15) is 0 Å². The Morgan fingerprint density at radius 2 is 1.86 bits per heavy atom. The molecule has 0 radical (unpaired) electrons. The molecule has 4 heteroatoms. The van der Waals surface area contributed by atoms with E-state index in [4.69, 9.17) is 4.74 Å². The Morgan fingerprint density at radius 3 is 2.59 bits per heavy atom. The SMILES string of the molecule is CCOc1ccccc1CNC(=O)CCc1ccc(F)cc1. The Kier molecular flexibility index (Phi) is 5.95. The highest BCUT2D eigenvalue weighted by atomic mass is 19.1. The average molecular weight is 301 g/mol. The second-order valence-corrected chi connectivity index (χ2v) is 4.94. The fourth-order valence-electron chi connectivity index (χ4n) is 2.14. The van der Waals surface area contributed by atoms with Crippen LogP contribution in [-0.4, -0.2) is 12.5 Å². The molecule has 2 rings (SSSR count). The molecule has 1 N–H and O–H groups in total. The zero-order chi connectivity index (χ0) is 15.8. The molecule has 0 aromatic heterocycles. The van der Waals surface area contributed by atoms with Gasteiger partial charge in [0.05, 0.1) is 6.61 Å². The smallest absolute Gasteiger partial charge is 0.220 e. The van der Waals surface area contributed by atoms with E-state index in [2.05, 4.69) is 5.32 Å². The second kappa shape index (κ2) is 8.17. The minimum atomic E-state index is -0.263. The third-order valence-corrected chi connectivity index (χ3v) is 3.30. The van der Waals surface area contributed by atoms with Crippen molar-refractivity contribution in [1.29, 1.82) is 0 Å². The predicted molar refractivity (Wildman–Crippen MR) is 84.2 cm³/mol. The van der Waals surface area contributed by atoms with Crippen LogP contribution in [0.25, 0.3) is 0 Å². The van der Waals surface area contributed by atoms with E-state index in [9.17, 15) is 9.18 Å². The number of benzene rings is 2. The van der Waals surface area contributed by atoms with Crippen molar-refractivity contribution in [3.05, 3.63) is 65.5 Å². The molecule has 0 spiro atoms. The quantitative estimate of drug-likeness (QED) is 0.850. The van der Waals surface area contributed by atoms with E-state index in [0.717, 1.165) is 16.9 Å². The predicted octanol–water partition coefficient (Wildman–Crippen LogP) is 3.47. The summed E-state index contributed by atoms with van der Waals surface area (Å²) in [5.74, 6) is 0.500. The highest BCUT2D eigenvalue weighted by Crippen LogP contribution is 2.17. The monoisotopic (exact) mass is 301 g/mol. The van der Waals surface area contributed by atoms with Crippen LogP contribution in [0.15, 0.2) is 48.5 Å². The summed E-state index contributed by atoms with van der Waals surface area (Å²) in [5.41, 5.74) is 1.91. The molecule has 0 heterocycles. The van der Waals surface area contributed by atoms with Crippen molar-refractivity contribution >= 4 is 5.91 Å². The topological polar surface area (TPSA) is 38.3 Å². The first-order valence-corrected chi connectivity index (χ1v) is 7.41. The number of aryl methyl sites for hydroxylation is 1. The first kappa shape index (κ1) is 16.0. The van der Waals surface area contributed by atoms with Crippen molar-refractivity contribution in [3.63, 3.8) is 0 Å². The lowest BCUT2D eigenvalue weighted by Gasteiger charge is -2.11. The molecule has 0 unspecified atom stereocenters. The summed E-state index contributed by atoms with van der Waals surface area (Å²) in [4.78, 5) is 11.9. The van der Waals surface area contributed by atoms with Crippen molar-refractivity contribution in [1.82, 2.24) is 5.32 Å². The number of carbonyl (C=O) groups is 1. The summed E-state index contributed by atoms with van der Waals surface area (Å²) >= 11 is 0. The van der Waals surface area contributed by atoms with Crippen molar-refractivity contribution in [2.24, 2.45) is 0 Å². The van der Waals surface area contributed by atoms with Gasteiger partial charge in [0.2, 0.25) is 5.91 Å². The van der Waals surface area contributed by atoms with Crippen LogP contribution in [0.5, 0.6) is 5.75 Å². The number of halogens is 1. The van der Waals surface area contributed by atoms with Gasteiger partial charge in [-0.3, -0.25) is 4.79 Å². The standard InChI is InChI=1S/C18H20FNO2/c1-2-22-17-6-4-3-5-15(17)13-20-18(21)12-9-14-7-10-16(19)11-8-14/h3-8,10-11H,2,9,12-13H2,1H3,(H,20,21). The number of amides is 1. The van der Waals surface area contributed by atoms with Crippen molar-refractivity contribution in [2.75, 3.05) is 6.61 Å². The number of ether oxygens (including phenoxy) is 1. The summed E-state index contributed by atoms with van der Waals surface area (Å²) in [6.45, 7) is 2.96. The Bertz CT molecular complexity index is 611. The lowest BCUT2D eigenvalue weighted by atomic mass is 10.1. The molecule has 0 aliphatic rings. The molecule has 2 aromatic rings. The normalized spacial score (nSPS) is 10.3. The Hall–Kier alpha value is -2.36. The molecule has 0 fully saturated rings. The zero-order valence-electron chi connectivity index (χ0n) is 12.6. The van der Waals surface area contributed by atoms with E-state index in [1.165, 1.54) is 12.1 Å². The molecule has 116 valence electrons. The molecule has 0 atom stereocenters. The van der Waals surface area contributed by atoms with E-state index in [-0.39, 0.29) is 11.7 Å². The van der Waals surface area contributed by atoms with Crippen molar-refractivity contribution in [2.45, 2.75) is 26.3 Å². The molecule has 0 saturated carbocycles. The third kappa shape index (κ3) is 4.88. The number of hydrogen-bond acceptors (Lipinski definition) is 2. The van der Waals surface area contributed by atoms with Crippen LogP contribution in [0.2, 0.25) is 0 Å². The molecule has 3 nitrogen and oxygen atoms in total. The fourth-order valence-corrected chi connectivity index (χ4v) is 2.14. The highest BCUT2D eigenvalue weighted by molar-refractivity contribution is 5.76. The molecule has 0 aliphatic heterocycles. The summed E-state index contributed by atoms with van der Waals surface area (Å²) in [6.07, 6.45) is 0.974. The molecule has 1 amide bonds. The number of rotatable bonds is 7. The van der Waals surface area contributed by atoms with E-state index < -0.39 is 0 Å². The number of hydrogen-bond donors (Lipinski definition) is 1. The molecular weight excluding hydrogens is 281 g/mol. The summed E-state index contributed by atoms with van der Waals surface area (Å²) in [5, 5.41) is 2.89. The third-order valence-electron chi connectivity index (χ3n) is 3.30. The Morgan fingerprint density at radius 1 is 1.14 bits per heavy atom.